The monoisotopic (exact) mass is 556 g/mol. The van der Waals surface area contributed by atoms with E-state index in [1.165, 1.54) is 25.2 Å². The molecule has 0 atom stereocenters. The highest BCUT2D eigenvalue weighted by molar-refractivity contribution is 7.16. The molecule has 206 valence electrons. The lowest BCUT2D eigenvalue weighted by molar-refractivity contribution is -0.162. The number of carbonyl (C=O) groups excluding carboxylic acids is 1. The van der Waals surface area contributed by atoms with Crippen molar-refractivity contribution >= 4 is 44.9 Å². The highest BCUT2D eigenvalue weighted by Crippen LogP contribution is 2.44. The van der Waals surface area contributed by atoms with Gasteiger partial charge in [-0.3, -0.25) is 4.79 Å². The molecule has 1 amide bonds. The van der Waals surface area contributed by atoms with Gasteiger partial charge in [0.15, 0.2) is 10.8 Å². The van der Waals surface area contributed by atoms with Crippen LogP contribution in [0, 0.1) is 23.7 Å². The van der Waals surface area contributed by atoms with Crippen molar-refractivity contribution in [3.8, 4) is 17.3 Å². The molecule has 6 rings (SSSR count). The summed E-state index contributed by atoms with van der Waals surface area (Å²) < 4.78 is 1.92. The molecule has 2 aliphatic rings. The molecule has 2 saturated heterocycles. The maximum atomic E-state index is 12.4. The molecule has 1 spiro atoms. The number of aliphatic hydroxyl groups is 1. The number of pyridine rings is 1. The first-order chi connectivity index (χ1) is 19.0. The summed E-state index contributed by atoms with van der Waals surface area (Å²) >= 11 is 1.37. The molecule has 3 aromatic heterocycles. The van der Waals surface area contributed by atoms with Crippen LogP contribution in [0.15, 0.2) is 36.5 Å². The molecule has 2 aliphatic heterocycles. The van der Waals surface area contributed by atoms with Crippen molar-refractivity contribution < 1.29 is 9.90 Å². The molecule has 10 nitrogen and oxygen atoms in total. The van der Waals surface area contributed by atoms with E-state index in [0.717, 1.165) is 41.1 Å². The van der Waals surface area contributed by atoms with E-state index in [1.54, 1.807) is 4.90 Å². The van der Waals surface area contributed by atoms with Crippen molar-refractivity contribution in [2.24, 2.45) is 5.41 Å². The van der Waals surface area contributed by atoms with E-state index in [0.29, 0.717) is 41.0 Å². The Labute approximate surface area is 237 Å². The largest absolute Gasteiger partial charge is 0.381 e. The topological polar surface area (TPSA) is 114 Å². The SMILES string of the molecule is CCn1nc2ncc(N3CC4(CN(C(=O)C(C)(C)O)C4)C3)cc2c1N(C)c1nc(-c2ccc(C)cc2)c(C#N)s1. The number of likely N-dealkylation sites (tertiary alicyclic amines) is 1. The van der Waals surface area contributed by atoms with Gasteiger partial charge in [-0.05, 0) is 33.8 Å². The van der Waals surface area contributed by atoms with Gasteiger partial charge in [-0.15, -0.1) is 0 Å². The van der Waals surface area contributed by atoms with Crippen LogP contribution in [-0.4, -0.2) is 74.5 Å². The zero-order valence-electron chi connectivity index (χ0n) is 23.3. The fraction of sp³-hybridized carbons (Fsp3) is 0.414. The lowest BCUT2D eigenvalue weighted by Gasteiger charge is -2.61. The van der Waals surface area contributed by atoms with Crippen molar-refractivity contribution in [1.82, 2.24) is 24.6 Å². The van der Waals surface area contributed by atoms with Gasteiger partial charge >= 0.3 is 0 Å². The van der Waals surface area contributed by atoms with Crippen LogP contribution in [0.4, 0.5) is 16.6 Å². The third kappa shape index (κ3) is 4.28. The molecular formula is C29H32N8O2S. The molecule has 1 aromatic carbocycles. The van der Waals surface area contributed by atoms with Gasteiger partial charge in [0.1, 0.15) is 28.1 Å². The minimum Gasteiger partial charge on any atom is -0.381 e. The summed E-state index contributed by atoms with van der Waals surface area (Å²) in [6.07, 6.45) is 1.86. The number of anilines is 3. The fourth-order valence-electron chi connectivity index (χ4n) is 5.70. The number of carbonyl (C=O) groups is 1. The highest BCUT2D eigenvalue weighted by Gasteiger charge is 2.54. The maximum absolute atomic E-state index is 12.4. The van der Waals surface area contributed by atoms with Gasteiger partial charge in [-0.2, -0.15) is 10.4 Å². The first-order valence-corrected chi connectivity index (χ1v) is 14.2. The smallest absolute Gasteiger partial charge is 0.253 e. The molecule has 11 heteroatoms. The number of rotatable bonds is 6. The summed E-state index contributed by atoms with van der Waals surface area (Å²) in [5, 5.41) is 26.3. The Balaban J connectivity index is 1.27. The summed E-state index contributed by atoms with van der Waals surface area (Å²) in [7, 11) is 1.95. The van der Waals surface area contributed by atoms with Crippen LogP contribution in [0.1, 0.15) is 31.2 Å². The zero-order chi connectivity index (χ0) is 28.4. The predicted molar refractivity (Wildman–Crippen MR) is 156 cm³/mol. The Hall–Kier alpha value is -4.01. The van der Waals surface area contributed by atoms with Crippen LogP contribution in [0.5, 0.6) is 0 Å². The molecule has 2 fully saturated rings. The average molecular weight is 557 g/mol. The molecule has 4 aromatic rings. The number of benzene rings is 1. The van der Waals surface area contributed by atoms with Crippen LogP contribution in [0.25, 0.3) is 22.3 Å². The summed E-state index contributed by atoms with van der Waals surface area (Å²) in [6.45, 7) is 10.8. The van der Waals surface area contributed by atoms with E-state index in [9.17, 15) is 15.2 Å². The van der Waals surface area contributed by atoms with E-state index in [1.807, 2.05) is 60.9 Å². The lowest BCUT2D eigenvalue weighted by atomic mass is 9.72. The Morgan fingerprint density at radius 2 is 1.93 bits per heavy atom. The second kappa shape index (κ2) is 9.28. The number of aromatic nitrogens is 4. The Bertz CT molecular complexity index is 1650. The minimum atomic E-state index is -1.34. The number of aryl methyl sites for hydroxylation is 2. The van der Waals surface area contributed by atoms with Gasteiger partial charge in [0.05, 0.1) is 17.3 Å². The first-order valence-electron chi connectivity index (χ1n) is 13.4. The molecule has 40 heavy (non-hydrogen) atoms. The van der Waals surface area contributed by atoms with Crippen LogP contribution < -0.4 is 9.80 Å². The summed E-state index contributed by atoms with van der Waals surface area (Å²) in [6, 6.07) is 12.5. The molecule has 0 aliphatic carbocycles. The van der Waals surface area contributed by atoms with Crippen molar-refractivity contribution in [2.45, 2.75) is 39.8 Å². The number of nitriles is 1. The number of nitrogens with zero attached hydrogens (tertiary/aromatic N) is 8. The number of hydrogen-bond acceptors (Lipinski definition) is 9. The number of amides is 1. The second-order valence-electron chi connectivity index (χ2n) is 11.5. The second-order valence-corrected chi connectivity index (χ2v) is 12.5. The van der Waals surface area contributed by atoms with Gasteiger partial charge in [0, 0.05) is 50.7 Å². The normalized spacial score (nSPS) is 16.1. The zero-order valence-corrected chi connectivity index (χ0v) is 24.2. The van der Waals surface area contributed by atoms with E-state index >= 15 is 0 Å². The van der Waals surface area contributed by atoms with Crippen LogP contribution >= 0.6 is 11.3 Å². The average Bonchev–Trinajstić information content (AvgIpc) is 3.48. The van der Waals surface area contributed by atoms with E-state index in [-0.39, 0.29) is 11.3 Å². The summed E-state index contributed by atoms with van der Waals surface area (Å²) in [5.74, 6) is 0.660. The Morgan fingerprint density at radius 1 is 1.23 bits per heavy atom. The highest BCUT2D eigenvalue weighted by atomic mass is 32.1. The quantitative estimate of drug-likeness (QED) is 0.380. The molecular weight excluding hydrogens is 524 g/mol. The van der Waals surface area contributed by atoms with Crippen molar-refractivity contribution in [3.63, 3.8) is 0 Å². The van der Waals surface area contributed by atoms with Gasteiger partial charge < -0.3 is 19.8 Å². The molecule has 5 heterocycles. The van der Waals surface area contributed by atoms with Gasteiger partial charge in [0.25, 0.3) is 5.91 Å². The summed E-state index contributed by atoms with van der Waals surface area (Å²) in [4.78, 5) is 28.5. The van der Waals surface area contributed by atoms with Crippen molar-refractivity contribution in [1.29, 1.82) is 5.26 Å². The molecule has 0 saturated carbocycles. The van der Waals surface area contributed by atoms with Crippen LogP contribution in [0.3, 0.4) is 0 Å². The van der Waals surface area contributed by atoms with Gasteiger partial charge in [-0.25, -0.2) is 14.6 Å². The summed E-state index contributed by atoms with van der Waals surface area (Å²) in [5.41, 5.74) is 3.15. The number of hydrogen-bond donors (Lipinski definition) is 1. The lowest BCUT2D eigenvalue weighted by Crippen LogP contribution is -2.74. The third-order valence-electron chi connectivity index (χ3n) is 7.78. The number of fused-ring (bicyclic) bond motifs is 1. The fourth-order valence-corrected chi connectivity index (χ4v) is 6.55. The van der Waals surface area contributed by atoms with Crippen LogP contribution in [0.2, 0.25) is 0 Å². The third-order valence-corrected chi connectivity index (χ3v) is 8.82. The van der Waals surface area contributed by atoms with Crippen molar-refractivity contribution in [2.75, 3.05) is 43.0 Å². The first kappa shape index (κ1) is 26.2. The van der Waals surface area contributed by atoms with Crippen molar-refractivity contribution in [3.05, 3.63) is 47.0 Å². The van der Waals surface area contributed by atoms with Gasteiger partial charge in [0.2, 0.25) is 0 Å². The predicted octanol–water partition coefficient (Wildman–Crippen LogP) is 3.94. The molecule has 0 radical (unpaired) electrons. The number of thiazole rings is 1. The van der Waals surface area contributed by atoms with E-state index in [4.69, 9.17) is 10.1 Å². The standard InChI is InChI=1S/C29H32N8O2S/c1-6-37-25(34(5)27-32-23(22(12-30)40-27)19-9-7-18(2)8-10-19)21-11-20(13-31-24(21)33-37)35-14-29(15-35)16-36(17-29)26(38)28(3,4)39/h7-11,13,39H,6,14-17H2,1-5H3. The van der Waals surface area contributed by atoms with E-state index in [2.05, 4.69) is 22.0 Å². The van der Waals surface area contributed by atoms with Gasteiger partial charge in [-0.1, -0.05) is 41.2 Å². The Kier molecular flexibility index (Phi) is 6.09. The Morgan fingerprint density at radius 3 is 2.55 bits per heavy atom. The van der Waals surface area contributed by atoms with E-state index < -0.39 is 5.60 Å². The maximum Gasteiger partial charge on any atom is 0.253 e. The minimum absolute atomic E-state index is 0.0735. The molecule has 1 N–H and O–H groups in total. The van der Waals surface area contributed by atoms with Crippen LogP contribution in [-0.2, 0) is 11.3 Å². The molecule has 0 unspecified atom stereocenters. The molecule has 0 bridgehead atoms.